The maximum atomic E-state index is 14.0. The fourth-order valence-corrected chi connectivity index (χ4v) is 12.0. The van der Waals surface area contributed by atoms with Crippen LogP contribution in [0.25, 0.3) is 21.8 Å². The minimum Gasteiger partial charge on any atom is -0.741 e. The Morgan fingerprint density at radius 3 is 1.85 bits per heavy atom. The summed E-state index contributed by atoms with van der Waals surface area (Å²) >= 11 is 0. The normalized spacial score (nSPS) is 13.9. The van der Waals surface area contributed by atoms with Crippen molar-refractivity contribution in [3.8, 4) is 11.5 Å². The molecule has 6 heterocycles. The zero-order chi connectivity index (χ0) is 65.7. The van der Waals surface area contributed by atoms with E-state index < -0.39 is 48.1 Å². The van der Waals surface area contributed by atoms with Crippen molar-refractivity contribution in [2.45, 2.75) is 37.8 Å². The molecule has 2 N–H and O–H groups in total. The van der Waals surface area contributed by atoms with Crippen molar-refractivity contribution in [2.75, 3.05) is 37.8 Å². The molecule has 1 unspecified atom stereocenters. The number of aromatic hydroxyl groups is 1. The van der Waals surface area contributed by atoms with Gasteiger partial charge in [-0.25, -0.2) is 26.7 Å². The van der Waals surface area contributed by atoms with E-state index in [1.165, 1.54) is 87.8 Å². The van der Waals surface area contributed by atoms with Crippen LogP contribution >= 0.6 is 0 Å². The van der Waals surface area contributed by atoms with E-state index in [1.807, 2.05) is 73.8 Å². The van der Waals surface area contributed by atoms with Crippen LogP contribution in [0.3, 0.4) is 0 Å². The third-order valence-electron chi connectivity index (χ3n) is 14.3. The number of nitrogens with one attached hydrogen (secondary N) is 1. The number of carbonyl (C=O) groups is 2. The fourth-order valence-electron chi connectivity index (χ4n) is 9.97. The van der Waals surface area contributed by atoms with Crippen molar-refractivity contribution in [3.63, 3.8) is 0 Å². The first-order chi connectivity index (χ1) is 43.1. The Morgan fingerprint density at radius 2 is 1.33 bits per heavy atom. The number of aryl methyl sites for hydroxylation is 1. The van der Waals surface area contributed by atoms with Crippen molar-refractivity contribution in [1.82, 2.24) is 37.0 Å². The molecule has 0 saturated heterocycles. The standard InChI is InChI=1S/C32H25FN3O2.C21H21FN4O4S.C7H9N4O2S.CHF3O3S/c1-34-28-25-13-8-18-35-29(25)31(38-30(22-9-4-2-5-10-22)23-11-6-3-7-12-23)27-26(28)20-36(32(27)37)19-21-14-16-24(33)17-15-21;1-24(2)31(29,30)25(3)19-15-5-4-10-23-18(15)20(27)17-16(19)12-26(21(17)28)11-13-6-8-14(22)9-7-13;1-9-4-5-11(7-9)14(12,13)10-3-2-8-6-10;2-1(3,4)8(5,6)7/h2,4-18,30,34H,19-20H2,1H3;4-10,27H,11-12H2,1-3H3;2-7H,1H3;(H,5,6,7)/q+1;;+1;/p-1. The largest absolute Gasteiger partial charge is 0.741 e. The molecule has 12 rings (SSSR count). The highest BCUT2D eigenvalue weighted by Crippen LogP contribution is 2.47. The number of ether oxygens (including phenoxy) is 1. The van der Waals surface area contributed by atoms with Gasteiger partial charge in [-0.2, -0.15) is 38.3 Å². The molecule has 3 aliphatic rings. The third-order valence-corrected chi connectivity index (χ3v) is 18.2. The quantitative estimate of drug-likeness (QED) is 0.0341. The van der Waals surface area contributed by atoms with Gasteiger partial charge in [0.25, 0.3) is 18.1 Å². The Kier molecular flexibility index (Phi) is 19.2. The van der Waals surface area contributed by atoms with Crippen molar-refractivity contribution in [2.24, 2.45) is 7.05 Å². The van der Waals surface area contributed by atoms with Gasteiger partial charge in [0, 0.05) is 113 Å². The van der Waals surface area contributed by atoms with E-state index in [2.05, 4.69) is 26.3 Å². The van der Waals surface area contributed by atoms with Crippen LogP contribution in [0.15, 0.2) is 183 Å². The lowest BCUT2D eigenvalue weighted by Crippen LogP contribution is -2.38. The lowest BCUT2D eigenvalue weighted by molar-refractivity contribution is -0.670. The summed E-state index contributed by atoms with van der Waals surface area (Å²) in [6, 6.07) is 29.1. The number of halogens is 5. The first-order valence-electron chi connectivity index (χ1n) is 27.1. The van der Waals surface area contributed by atoms with E-state index in [9.17, 15) is 53.5 Å². The highest BCUT2D eigenvalue weighted by atomic mass is 32.2. The van der Waals surface area contributed by atoms with Gasteiger partial charge in [0.05, 0.1) is 36.0 Å². The zero-order valence-electron chi connectivity index (χ0n) is 48.8. The molecule has 9 aromatic rings. The van der Waals surface area contributed by atoms with Gasteiger partial charge >= 0.3 is 25.9 Å². The molecule has 1 atom stereocenters. The average Bonchev–Trinajstić information content (AvgIpc) is 1.68. The van der Waals surface area contributed by atoms with Crippen molar-refractivity contribution >= 4 is 75.5 Å². The second kappa shape index (κ2) is 26.6. The zero-order valence-corrected chi connectivity index (χ0v) is 51.2. The number of pyridine rings is 2. The maximum absolute atomic E-state index is 14.0. The average molecular weight is 1310 g/mol. The number of benzene rings is 5. The number of aromatic nitrogens is 6. The molecule has 91 heavy (non-hydrogen) atoms. The van der Waals surface area contributed by atoms with Crippen LogP contribution in [0.5, 0.6) is 11.5 Å². The summed E-state index contributed by atoms with van der Waals surface area (Å²) in [5, 5.41) is 15.4. The number of phenols is 1. The topological polar surface area (TPSA) is 266 Å². The Bertz CT molecular complexity index is 4650. The van der Waals surface area contributed by atoms with Gasteiger partial charge in [0.15, 0.2) is 27.7 Å². The molecule has 0 radical (unpaired) electrons. The molecule has 2 amide bonds. The molecule has 0 spiro atoms. The van der Waals surface area contributed by atoms with Crippen LogP contribution in [-0.2, 0) is 63.8 Å². The van der Waals surface area contributed by atoms with Crippen LogP contribution in [0.4, 0.5) is 33.3 Å². The number of hydrogen-bond donors (Lipinski definition) is 2. The summed E-state index contributed by atoms with van der Waals surface area (Å²) in [6.07, 6.45) is 22.1. The summed E-state index contributed by atoms with van der Waals surface area (Å²) in [7, 11) is -5.65. The number of fused-ring (bicyclic) bond motifs is 4. The number of imidazole rings is 2. The molecule has 4 aromatic heterocycles. The number of anilines is 2. The van der Waals surface area contributed by atoms with Crippen LogP contribution in [0.1, 0.15) is 54.6 Å². The molecule has 0 fully saturated rings. The molecule has 2 aliphatic heterocycles. The molecule has 472 valence electrons. The monoisotopic (exact) mass is 1310 g/mol. The molecule has 0 bridgehead atoms. The van der Waals surface area contributed by atoms with Crippen molar-refractivity contribution in [3.05, 3.63) is 239 Å². The number of amides is 2. The summed E-state index contributed by atoms with van der Waals surface area (Å²) in [5.41, 5.74) is 1.54. The minimum atomic E-state index is -6.09. The molecule has 5 aromatic carbocycles. The predicted octanol–water partition coefficient (Wildman–Crippen LogP) is 8.23. The minimum absolute atomic E-state index is 0.0316. The number of rotatable bonds is 14. The Labute approximate surface area is 519 Å². The number of phenolic OH excluding ortho intramolecular Hbond substituents is 1. The van der Waals surface area contributed by atoms with Crippen molar-refractivity contribution in [1.29, 1.82) is 0 Å². The number of alkyl halides is 3. The van der Waals surface area contributed by atoms with E-state index in [-0.39, 0.29) is 47.5 Å². The summed E-state index contributed by atoms with van der Waals surface area (Å²) in [5.74, 6) is -1.09. The van der Waals surface area contributed by atoms with Gasteiger partial charge in [-0.15, -0.1) is 3.97 Å². The van der Waals surface area contributed by atoms with Gasteiger partial charge < -0.3 is 29.5 Å². The van der Waals surface area contributed by atoms with Gasteiger partial charge in [0.1, 0.15) is 59.1 Å². The Balaban J connectivity index is 0.000000164. The number of nitrogens with zero attached hydrogens (tertiary/aromatic N) is 10. The fraction of sp³-hybridized carbons (Fsp3) is 0.180. The SMILES string of the molecule is CN(C)S(=O)(=O)N(C)c1c2c(c(O)c3ncccc13)C(=O)N(Cc1ccc(F)cc1)C2.CNc1c2c(c(OC(C3=CC=[C+]C=C3)c3ccccc3)c3ncccc13)C(=O)N(Cc1ccc(F)cc1)C2.C[n+]1ccn(S(=O)(=O)n2ccnc2)c1.O=S(=O)([O-])C(F)(F)F. The first-order valence-corrected chi connectivity index (χ1v) is 31.3. The van der Waals surface area contributed by atoms with Crippen LogP contribution < -0.4 is 18.9 Å². The van der Waals surface area contributed by atoms with Crippen LogP contribution in [0, 0.1) is 17.7 Å². The molecule has 0 saturated carbocycles. The van der Waals surface area contributed by atoms with Crippen LogP contribution in [0.2, 0.25) is 0 Å². The highest BCUT2D eigenvalue weighted by molar-refractivity contribution is 7.90. The van der Waals surface area contributed by atoms with E-state index in [1.54, 1.807) is 65.3 Å². The summed E-state index contributed by atoms with van der Waals surface area (Å²) < 4.78 is 148. The Hall–Kier alpha value is -9.97. The highest BCUT2D eigenvalue weighted by Gasteiger charge is 2.40. The molecular weight excluding hydrogens is 1250 g/mol. The summed E-state index contributed by atoms with van der Waals surface area (Å²) in [6.45, 7) is 1.03. The molecule has 1 aliphatic carbocycles. The Morgan fingerprint density at radius 1 is 0.758 bits per heavy atom. The number of carbonyl (C=O) groups excluding carboxylic acids is 2. The van der Waals surface area contributed by atoms with E-state index in [4.69, 9.17) is 17.7 Å². The van der Waals surface area contributed by atoms with Gasteiger partial charge in [-0.1, -0.05) is 54.6 Å². The second-order valence-corrected chi connectivity index (χ2v) is 25.7. The molecule has 22 nitrogen and oxygen atoms in total. The van der Waals surface area contributed by atoms with E-state index in [0.29, 0.717) is 52.1 Å². The van der Waals surface area contributed by atoms with Crippen molar-refractivity contribution < 1.29 is 75.8 Å². The predicted molar refractivity (Wildman–Crippen MR) is 324 cm³/mol. The second-order valence-electron chi connectivity index (χ2n) is 20.4. The lowest BCUT2D eigenvalue weighted by atomic mass is 9.97. The molecule has 30 heteroatoms. The van der Waals surface area contributed by atoms with Crippen LogP contribution in [-0.4, -0.2) is 117 Å². The summed E-state index contributed by atoms with van der Waals surface area (Å²) in [4.78, 5) is 42.9. The van der Waals surface area contributed by atoms with E-state index in [0.717, 1.165) is 49.9 Å². The number of allylic oxidation sites excluding steroid dienone is 4. The maximum Gasteiger partial charge on any atom is 0.485 e. The first kappa shape index (κ1) is 65.5. The smallest absolute Gasteiger partial charge is 0.485 e. The number of hydrogen-bond acceptors (Lipinski definition) is 15. The lowest BCUT2D eigenvalue weighted by Gasteiger charge is -2.26. The van der Waals surface area contributed by atoms with Gasteiger partial charge in [-0.05, 0) is 65.2 Å². The van der Waals surface area contributed by atoms with Gasteiger partial charge in [0.2, 0.25) is 0 Å². The van der Waals surface area contributed by atoms with Gasteiger partial charge in [-0.3, -0.25) is 23.9 Å². The van der Waals surface area contributed by atoms with E-state index >= 15 is 0 Å². The molecular formula is C61H55F5N11O11S3+. The third kappa shape index (κ3) is 13.9.